The van der Waals surface area contributed by atoms with Gasteiger partial charge in [0.25, 0.3) is 0 Å². The van der Waals surface area contributed by atoms with Crippen LogP contribution < -0.4 is 5.32 Å². The molecule has 0 fully saturated rings. The molecule has 5 nitrogen and oxygen atoms in total. The van der Waals surface area contributed by atoms with E-state index in [1.54, 1.807) is 0 Å². The highest BCUT2D eigenvalue weighted by Crippen LogP contribution is 2.12. The molecule has 1 aromatic carbocycles. The van der Waals surface area contributed by atoms with Crippen molar-refractivity contribution in [2.24, 2.45) is 0 Å². The standard InChI is InChI=1S/C13H16BrNO4/c14-10-3-1-2-9(8-10)4-5-12(17)15-7-6-11(16)13(18)19/h1-3,8,11,16H,4-7H2,(H,15,17)(H,18,19)/t11-/m0/s1. The van der Waals surface area contributed by atoms with Crippen LogP contribution in [0.25, 0.3) is 0 Å². The Bertz CT molecular complexity index is 450. The molecular formula is C13H16BrNO4. The van der Waals surface area contributed by atoms with Gasteiger partial charge in [-0.05, 0) is 24.1 Å². The number of halogens is 1. The first-order valence-corrected chi connectivity index (χ1v) is 6.70. The summed E-state index contributed by atoms with van der Waals surface area (Å²) in [5, 5.41) is 20.1. The van der Waals surface area contributed by atoms with Crippen molar-refractivity contribution in [3.63, 3.8) is 0 Å². The highest BCUT2D eigenvalue weighted by atomic mass is 79.9. The zero-order valence-corrected chi connectivity index (χ0v) is 11.9. The largest absolute Gasteiger partial charge is 0.479 e. The van der Waals surface area contributed by atoms with E-state index in [4.69, 9.17) is 10.2 Å². The van der Waals surface area contributed by atoms with Crippen LogP contribution in [0.3, 0.4) is 0 Å². The first kappa shape index (κ1) is 15.7. The fraction of sp³-hybridized carbons (Fsp3) is 0.385. The molecule has 0 radical (unpaired) electrons. The molecule has 19 heavy (non-hydrogen) atoms. The van der Waals surface area contributed by atoms with Crippen molar-refractivity contribution >= 4 is 27.8 Å². The summed E-state index contributed by atoms with van der Waals surface area (Å²) >= 11 is 3.36. The van der Waals surface area contributed by atoms with E-state index in [9.17, 15) is 9.59 Å². The summed E-state index contributed by atoms with van der Waals surface area (Å²) in [6.07, 6.45) is -0.463. The van der Waals surface area contributed by atoms with Crippen LogP contribution in [-0.4, -0.2) is 34.7 Å². The molecule has 104 valence electrons. The molecule has 1 rings (SSSR count). The number of aliphatic hydroxyl groups excluding tert-OH is 1. The van der Waals surface area contributed by atoms with E-state index in [0.29, 0.717) is 12.8 Å². The van der Waals surface area contributed by atoms with Gasteiger partial charge in [-0.2, -0.15) is 0 Å². The fourth-order valence-electron chi connectivity index (χ4n) is 1.51. The quantitative estimate of drug-likeness (QED) is 0.704. The molecule has 0 aliphatic heterocycles. The Hall–Kier alpha value is -1.40. The number of amides is 1. The molecule has 0 aliphatic rings. The lowest BCUT2D eigenvalue weighted by Crippen LogP contribution is -2.30. The van der Waals surface area contributed by atoms with Gasteiger partial charge in [-0.15, -0.1) is 0 Å². The van der Waals surface area contributed by atoms with Crippen LogP contribution in [0.2, 0.25) is 0 Å². The van der Waals surface area contributed by atoms with Crippen molar-refractivity contribution in [2.75, 3.05) is 6.54 Å². The minimum atomic E-state index is -1.43. The minimum absolute atomic E-state index is 0.0119. The van der Waals surface area contributed by atoms with Crippen LogP contribution in [-0.2, 0) is 16.0 Å². The first-order valence-electron chi connectivity index (χ1n) is 5.91. The number of aliphatic hydroxyl groups is 1. The molecule has 1 aromatic rings. The molecule has 0 bridgehead atoms. The predicted molar refractivity (Wildman–Crippen MR) is 73.7 cm³/mol. The van der Waals surface area contributed by atoms with E-state index in [1.807, 2.05) is 24.3 Å². The van der Waals surface area contributed by atoms with E-state index in [-0.39, 0.29) is 18.9 Å². The molecule has 1 amide bonds. The van der Waals surface area contributed by atoms with Crippen LogP contribution in [0, 0.1) is 0 Å². The summed E-state index contributed by atoms with van der Waals surface area (Å²) < 4.78 is 0.968. The van der Waals surface area contributed by atoms with Crippen molar-refractivity contribution in [1.82, 2.24) is 5.32 Å². The third kappa shape index (κ3) is 6.35. The predicted octanol–water partition coefficient (Wildman–Crippen LogP) is 1.33. The lowest BCUT2D eigenvalue weighted by molar-refractivity contribution is -0.147. The summed E-state index contributed by atoms with van der Waals surface area (Å²) in [5.41, 5.74) is 1.05. The van der Waals surface area contributed by atoms with Crippen molar-refractivity contribution in [3.05, 3.63) is 34.3 Å². The number of aliphatic carboxylic acids is 1. The lowest BCUT2D eigenvalue weighted by Gasteiger charge is -2.07. The van der Waals surface area contributed by atoms with E-state index < -0.39 is 12.1 Å². The Labute approximate surface area is 119 Å². The summed E-state index contributed by atoms with van der Waals surface area (Å²) in [6.45, 7) is 0.158. The second kappa shape index (κ2) is 7.91. The average Bonchev–Trinajstić information content (AvgIpc) is 2.36. The Kier molecular flexibility index (Phi) is 6.52. The molecule has 0 saturated heterocycles. The van der Waals surface area contributed by atoms with E-state index in [1.165, 1.54) is 0 Å². The molecule has 0 heterocycles. The van der Waals surface area contributed by atoms with E-state index in [2.05, 4.69) is 21.2 Å². The van der Waals surface area contributed by atoms with Gasteiger partial charge in [-0.25, -0.2) is 4.79 Å². The van der Waals surface area contributed by atoms with Gasteiger partial charge < -0.3 is 15.5 Å². The van der Waals surface area contributed by atoms with E-state index >= 15 is 0 Å². The van der Waals surface area contributed by atoms with Gasteiger partial charge in [0.1, 0.15) is 0 Å². The van der Waals surface area contributed by atoms with Gasteiger partial charge in [0, 0.05) is 23.9 Å². The van der Waals surface area contributed by atoms with Gasteiger partial charge in [-0.3, -0.25) is 4.79 Å². The van der Waals surface area contributed by atoms with Crippen molar-refractivity contribution in [2.45, 2.75) is 25.4 Å². The molecule has 0 spiro atoms. The van der Waals surface area contributed by atoms with E-state index in [0.717, 1.165) is 10.0 Å². The zero-order chi connectivity index (χ0) is 14.3. The van der Waals surface area contributed by atoms with Gasteiger partial charge in [0.15, 0.2) is 6.10 Å². The second-order valence-electron chi connectivity index (χ2n) is 4.12. The lowest BCUT2D eigenvalue weighted by atomic mass is 10.1. The van der Waals surface area contributed by atoms with Crippen LogP contribution in [0.15, 0.2) is 28.7 Å². The molecule has 1 atom stereocenters. The second-order valence-corrected chi connectivity index (χ2v) is 5.04. The number of benzene rings is 1. The molecule has 0 aromatic heterocycles. The van der Waals surface area contributed by atoms with Gasteiger partial charge in [0.05, 0.1) is 0 Å². The van der Waals surface area contributed by atoms with Crippen molar-refractivity contribution in [1.29, 1.82) is 0 Å². The molecule has 0 saturated carbocycles. The van der Waals surface area contributed by atoms with Gasteiger partial charge in [-0.1, -0.05) is 28.1 Å². The Balaban J connectivity index is 2.23. The van der Waals surface area contributed by atoms with Crippen molar-refractivity contribution in [3.8, 4) is 0 Å². The maximum atomic E-state index is 11.5. The average molecular weight is 330 g/mol. The smallest absolute Gasteiger partial charge is 0.332 e. The third-order valence-corrected chi connectivity index (χ3v) is 3.05. The summed E-state index contributed by atoms with van der Waals surface area (Å²) in [4.78, 5) is 21.9. The number of carboxylic acids is 1. The number of carboxylic acid groups (broad SMARTS) is 1. The number of rotatable bonds is 7. The molecule has 0 aliphatic carbocycles. The van der Waals surface area contributed by atoms with Gasteiger partial charge in [0.2, 0.25) is 5.91 Å². The van der Waals surface area contributed by atoms with Crippen molar-refractivity contribution < 1.29 is 19.8 Å². The highest BCUT2D eigenvalue weighted by Gasteiger charge is 2.12. The Morgan fingerprint density at radius 3 is 2.74 bits per heavy atom. The topological polar surface area (TPSA) is 86.6 Å². The SMILES string of the molecule is O=C(CCc1cccc(Br)c1)NCC[C@H](O)C(=O)O. The summed E-state index contributed by atoms with van der Waals surface area (Å²) in [6, 6.07) is 7.70. The van der Waals surface area contributed by atoms with Crippen LogP contribution in [0.4, 0.5) is 0 Å². The molecular weight excluding hydrogens is 314 g/mol. The minimum Gasteiger partial charge on any atom is -0.479 e. The fourth-order valence-corrected chi connectivity index (χ4v) is 1.96. The van der Waals surface area contributed by atoms with Crippen LogP contribution in [0.1, 0.15) is 18.4 Å². The first-order chi connectivity index (χ1) is 8.99. The number of carbonyl (C=O) groups excluding carboxylic acids is 1. The Morgan fingerprint density at radius 2 is 2.11 bits per heavy atom. The number of aryl methyl sites for hydroxylation is 1. The maximum absolute atomic E-state index is 11.5. The van der Waals surface area contributed by atoms with Crippen LogP contribution >= 0.6 is 15.9 Å². The van der Waals surface area contributed by atoms with Gasteiger partial charge >= 0.3 is 5.97 Å². The molecule has 6 heteroatoms. The van der Waals surface area contributed by atoms with Crippen LogP contribution in [0.5, 0.6) is 0 Å². The number of carbonyl (C=O) groups is 2. The molecule has 0 unspecified atom stereocenters. The monoisotopic (exact) mass is 329 g/mol. The number of hydrogen-bond donors (Lipinski definition) is 3. The summed E-state index contributed by atoms with van der Waals surface area (Å²) in [5.74, 6) is -1.43. The third-order valence-electron chi connectivity index (χ3n) is 2.55. The zero-order valence-electron chi connectivity index (χ0n) is 10.3. The maximum Gasteiger partial charge on any atom is 0.332 e. The normalized spacial score (nSPS) is 11.9. The number of nitrogens with one attached hydrogen (secondary N) is 1. The molecule has 3 N–H and O–H groups in total. The number of hydrogen-bond acceptors (Lipinski definition) is 3. The highest BCUT2D eigenvalue weighted by molar-refractivity contribution is 9.10. The summed E-state index contributed by atoms with van der Waals surface area (Å²) in [7, 11) is 0. The Morgan fingerprint density at radius 1 is 1.37 bits per heavy atom.